The van der Waals surface area contributed by atoms with Gasteiger partial charge >= 0.3 is 0 Å². The Bertz CT molecular complexity index is 481. The molecule has 1 aliphatic heterocycles. The van der Waals surface area contributed by atoms with Crippen molar-refractivity contribution in [2.75, 3.05) is 5.75 Å². The number of hydrogen-bond acceptors (Lipinski definition) is 2. The number of hydrogen-bond donors (Lipinski definition) is 0. The fraction of sp³-hybridized carbons (Fsp3) is 0.0909. The van der Waals surface area contributed by atoms with Gasteiger partial charge in [-0.05, 0) is 11.1 Å². The van der Waals surface area contributed by atoms with Crippen LogP contribution >= 0.6 is 0 Å². The van der Waals surface area contributed by atoms with E-state index < -0.39 is 9.84 Å². The minimum atomic E-state index is -3.03. The molecule has 0 unspecified atom stereocenters. The fourth-order valence-electron chi connectivity index (χ4n) is 1.42. The first-order valence-corrected chi connectivity index (χ1v) is 6.04. The highest BCUT2D eigenvalue weighted by molar-refractivity contribution is 7.94. The van der Waals surface area contributed by atoms with Gasteiger partial charge in [0.05, 0.1) is 5.75 Å². The van der Waals surface area contributed by atoms with Crippen molar-refractivity contribution < 1.29 is 8.42 Å². The van der Waals surface area contributed by atoms with Gasteiger partial charge in [0, 0.05) is 5.41 Å². The van der Waals surface area contributed by atoms with Crippen molar-refractivity contribution in [3.8, 4) is 0 Å². The van der Waals surface area contributed by atoms with E-state index in [0.29, 0.717) is 0 Å². The van der Waals surface area contributed by atoms with E-state index in [9.17, 15) is 8.42 Å². The summed E-state index contributed by atoms with van der Waals surface area (Å²) in [6, 6.07) is 9.56. The van der Waals surface area contributed by atoms with Gasteiger partial charge in [-0.1, -0.05) is 42.5 Å². The Hall–Kier alpha value is -1.35. The van der Waals surface area contributed by atoms with Gasteiger partial charge in [-0.3, -0.25) is 0 Å². The first kappa shape index (κ1) is 9.21. The smallest absolute Gasteiger partial charge is 0.175 e. The third kappa shape index (κ3) is 1.93. The topological polar surface area (TPSA) is 34.1 Å². The summed E-state index contributed by atoms with van der Waals surface area (Å²) in [5.74, 6) is 0.105. The molecule has 0 spiro atoms. The minimum absolute atomic E-state index is 0.105. The molecule has 0 bridgehead atoms. The second kappa shape index (κ2) is 3.42. The maximum atomic E-state index is 11.3. The Balaban J connectivity index is 2.39. The van der Waals surface area contributed by atoms with Crippen molar-refractivity contribution in [1.82, 2.24) is 0 Å². The zero-order valence-electron chi connectivity index (χ0n) is 7.55. The van der Waals surface area contributed by atoms with E-state index in [4.69, 9.17) is 0 Å². The van der Waals surface area contributed by atoms with Crippen LogP contribution in [0.15, 0.2) is 47.9 Å². The second-order valence-corrected chi connectivity index (χ2v) is 5.08. The molecular weight excluding hydrogens is 196 g/mol. The van der Waals surface area contributed by atoms with E-state index in [-0.39, 0.29) is 5.75 Å². The summed E-state index contributed by atoms with van der Waals surface area (Å²) >= 11 is 0. The summed E-state index contributed by atoms with van der Waals surface area (Å²) in [5, 5.41) is 1.25. The van der Waals surface area contributed by atoms with Crippen LogP contribution in [-0.2, 0) is 9.84 Å². The number of sulfone groups is 1. The van der Waals surface area contributed by atoms with Gasteiger partial charge in [-0.15, -0.1) is 0 Å². The molecule has 2 nitrogen and oxygen atoms in total. The van der Waals surface area contributed by atoms with Crippen LogP contribution in [0.1, 0.15) is 5.56 Å². The molecular formula is C11H10O2S. The molecule has 0 aliphatic carbocycles. The molecule has 0 amide bonds. The highest BCUT2D eigenvalue weighted by atomic mass is 32.2. The third-order valence-corrected chi connectivity index (χ3v) is 3.37. The van der Waals surface area contributed by atoms with E-state index in [1.807, 2.05) is 36.4 Å². The first-order valence-electron chi connectivity index (χ1n) is 4.33. The second-order valence-electron chi connectivity index (χ2n) is 3.19. The zero-order chi connectivity index (χ0) is 10.0. The predicted molar refractivity (Wildman–Crippen MR) is 57.3 cm³/mol. The van der Waals surface area contributed by atoms with Crippen molar-refractivity contribution in [2.24, 2.45) is 0 Å². The van der Waals surface area contributed by atoms with E-state index >= 15 is 0 Å². The van der Waals surface area contributed by atoms with E-state index in [0.717, 1.165) is 11.1 Å². The maximum Gasteiger partial charge on any atom is 0.175 e. The Labute approximate surface area is 83.5 Å². The van der Waals surface area contributed by atoms with Gasteiger partial charge in [-0.25, -0.2) is 8.42 Å². The SMILES string of the molecule is O=S1(=O)C=CC=C(c2ccccc2)C1. The quantitative estimate of drug-likeness (QED) is 0.704. The summed E-state index contributed by atoms with van der Waals surface area (Å²) in [6.07, 6.45) is 3.43. The highest BCUT2D eigenvalue weighted by Crippen LogP contribution is 2.20. The molecule has 1 aliphatic rings. The molecule has 14 heavy (non-hydrogen) atoms. The van der Waals surface area contributed by atoms with Crippen LogP contribution in [0.2, 0.25) is 0 Å². The molecule has 0 radical (unpaired) electrons. The molecule has 0 N–H and O–H groups in total. The van der Waals surface area contributed by atoms with Crippen LogP contribution in [0.4, 0.5) is 0 Å². The maximum absolute atomic E-state index is 11.3. The van der Waals surface area contributed by atoms with Gasteiger partial charge in [-0.2, -0.15) is 0 Å². The summed E-state index contributed by atoms with van der Waals surface area (Å²) in [6.45, 7) is 0. The Morgan fingerprint density at radius 1 is 1.07 bits per heavy atom. The van der Waals surface area contributed by atoms with Gasteiger partial charge in [0.25, 0.3) is 0 Å². The summed E-state index contributed by atoms with van der Waals surface area (Å²) in [5.41, 5.74) is 1.83. The van der Waals surface area contributed by atoms with Crippen molar-refractivity contribution in [3.63, 3.8) is 0 Å². The number of benzene rings is 1. The molecule has 72 valence electrons. The van der Waals surface area contributed by atoms with Crippen LogP contribution in [-0.4, -0.2) is 14.2 Å². The van der Waals surface area contributed by atoms with Crippen molar-refractivity contribution >= 4 is 15.4 Å². The molecule has 0 aromatic heterocycles. The van der Waals surface area contributed by atoms with Crippen molar-refractivity contribution in [2.45, 2.75) is 0 Å². The van der Waals surface area contributed by atoms with Gasteiger partial charge in [0.1, 0.15) is 0 Å². The molecule has 0 saturated heterocycles. The lowest BCUT2D eigenvalue weighted by molar-refractivity contribution is 0.607. The molecule has 1 aromatic carbocycles. The van der Waals surface area contributed by atoms with E-state index in [1.54, 1.807) is 6.08 Å². The summed E-state index contributed by atoms with van der Waals surface area (Å²) in [7, 11) is -3.03. The minimum Gasteiger partial charge on any atom is -0.224 e. The van der Waals surface area contributed by atoms with Gasteiger partial charge in [0.15, 0.2) is 9.84 Å². The average molecular weight is 206 g/mol. The monoisotopic (exact) mass is 206 g/mol. The van der Waals surface area contributed by atoms with Gasteiger partial charge in [0.2, 0.25) is 0 Å². The normalized spacial score (nSPS) is 19.0. The third-order valence-electron chi connectivity index (χ3n) is 2.08. The van der Waals surface area contributed by atoms with Crippen LogP contribution in [0.5, 0.6) is 0 Å². The molecule has 0 atom stereocenters. The first-order chi connectivity index (χ1) is 6.67. The molecule has 0 saturated carbocycles. The van der Waals surface area contributed by atoms with Crippen molar-refractivity contribution in [3.05, 3.63) is 53.5 Å². The fourth-order valence-corrected chi connectivity index (χ4v) is 2.53. The van der Waals surface area contributed by atoms with Crippen LogP contribution in [0.3, 0.4) is 0 Å². The van der Waals surface area contributed by atoms with Gasteiger partial charge < -0.3 is 0 Å². The molecule has 1 heterocycles. The summed E-state index contributed by atoms with van der Waals surface area (Å²) in [4.78, 5) is 0. The number of allylic oxidation sites excluding steroid dienone is 2. The van der Waals surface area contributed by atoms with Crippen LogP contribution < -0.4 is 0 Å². The molecule has 2 rings (SSSR count). The molecule has 3 heteroatoms. The van der Waals surface area contributed by atoms with Crippen molar-refractivity contribution in [1.29, 1.82) is 0 Å². The van der Waals surface area contributed by atoms with E-state index in [2.05, 4.69) is 0 Å². The Kier molecular flexibility index (Phi) is 2.25. The standard InChI is InChI=1S/C11H10O2S/c12-14(13)8-4-7-11(9-14)10-5-2-1-3-6-10/h1-8H,9H2. The average Bonchev–Trinajstić information content (AvgIpc) is 2.18. The predicted octanol–water partition coefficient (Wildman–Crippen LogP) is 2.01. The zero-order valence-corrected chi connectivity index (χ0v) is 8.37. The number of rotatable bonds is 1. The van der Waals surface area contributed by atoms with Crippen LogP contribution in [0, 0.1) is 0 Å². The summed E-state index contributed by atoms with van der Waals surface area (Å²) < 4.78 is 22.6. The largest absolute Gasteiger partial charge is 0.224 e. The molecule has 0 fully saturated rings. The lowest BCUT2D eigenvalue weighted by Gasteiger charge is -2.09. The lowest BCUT2D eigenvalue weighted by Crippen LogP contribution is -2.07. The molecule has 1 aromatic rings. The highest BCUT2D eigenvalue weighted by Gasteiger charge is 2.14. The Morgan fingerprint density at radius 2 is 1.79 bits per heavy atom. The Morgan fingerprint density at radius 3 is 2.43 bits per heavy atom. The van der Waals surface area contributed by atoms with E-state index in [1.165, 1.54) is 5.41 Å². The van der Waals surface area contributed by atoms with Crippen LogP contribution in [0.25, 0.3) is 5.57 Å². The lowest BCUT2D eigenvalue weighted by atomic mass is 10.1.